The Bertz CT molecular complexity index is 756. The first-order valence-corrected chi connectivity index (χ1v) is 8.31. The molecule has 0 aliphatic carbocycles. The van der Waals surface area contributed by atoms with Gasteiger partial charge in [-0.3, -0.25) is 4.79 Å². The minimum atomic E-state index is -0.492. The first kappa shape index (κ1) is 19.0. The third-order valence-electron chi connectivity index (χ3n) is 4.45. The lowest BCUT2D eigenvalue weighted by Gasteiger charge is -2.34. The van der Waals surface area contributed by atoms with Gasteiger partial charge in [0.15, 0.2) is 0 Å². The Morgan fingerprint density at radius 2 is 2.16 bits per heavy atom. The van der Waals surface area contributed by atoms with Gasteiger partial charge in [-0.15, -0.1) is 0 Å². The van der Waals surface area contributed by atoms with Gasteiger partial charge >= 0.3 is 5.97 Å². The maximum absolute atomic E-state index is 13.3. The molecule has 3 rings (SSSR count). The normalized spacial score (nSPS) is 17.2. The molecular formula is C19H25FN2O3. The van der Waals surface area contributed by atoms with Crippen molar-refractivity contribution in [2.75, 3.05) is 13.2 Å². The van der Waals surface area contributed by atoms with Gasteiger partial charge in [-0.25, -0.2) is 9.18 Å². The number of carbonyl (C=O) groups excluding carboxylic acids is 2. The Balaban J connectivity index is 0.00000225. The van der Waals surface area contributed by atoms with Crippen LogP contribution in [-0.2, 0) is 20.7 Å². The van der Waals surface area contributed by atoms with Gasteiger partial charge in [0.1, 0.15) is 11.9 Å². The molecule has 6 heteroatoms. The van der Waals surface area contributed by atoms with E-state index in [4.69, 9.17) is 4.74 Å². The highest BCUT2D eigenvalue weighted by atomic mass is 19.1. The lowest BCUT2D eigenvalue weighted by molar-refractivity contribution is -0.156. The second-order valence-corrected chi connectivity index (χ2v) is 6.03. The summed E-state index contributed by atoms with van der Waals surface area (Å²) in [5.74, 6) is -0.745. The van der Waals surface area contributed by atoms with Crippen molar-refractivity contribution in [2.45, 2.75) is 46.1 Å². The maximum atomic E-state index is 13.3. The number of likely N-dealkylation sites (tertiary alicyclic amines) is 1. The van der Waals surface area contributed by atoms with Crippen LogP contribution in [0.1, 0.15) is 39.2 Å². The third kappa shape index (κ3) is 4.00. The summed E-state index contributed by atoms with van der Waals surface area (Å²) < 4.78 is 18.4. The second kappa shape index (κ2) is 8.14. The average Bonchev–Trinajstić information content (AvgIpc) is 2.97. The summed E-state index contributed by atoms with van der Waals surface area (Å²) >= 11 is 0. The van der Waals surface area contributed by atoms with Gasteiger partial charge in [0.25, 0.3) is 0 Å². The van der Waals surface area contributed by atoms with Crippen molar-refractivity contribution >= 4 is 22.8 Å². The molecule has 1 fully saturated rings. The van der Waals surface area contributed by atoms with E-state index in [1.54, 1.807) is 24.1 Å². The van der Waals surface area contributed by atoms with E-state index in [9.17, 15) is 14.0 Å². The van der Waals surface area contributed by atoms with Gasteiger partial charge < -0.3 is 14.6 Å². The van der Waals surface area contributed by atoms with E-state index in [0.29, 0.717) is 25.1 Å². The summed E-state index contributed by atoms with van der Waals surface area (Å²) in [6, 6.07) is 3.97. The molecular weight excluding hydrogens is 323 g/mol. The van der Waals surface area contributed by atoms with Crippen molar-refractivity contribution < 1.29 is 18.7 Å². The van der Waals surface area contributed by atoms with Gasteiger partial charge in [-0.05, 0) is 49.9 Å². The van der Waals surface area contributed by atoms with Gasteiger partial charge in [-0.1, -0.05) is 7.43 Å². The van der Waals surface area contributed by atoms with Crippen LogP contribution in [0.3, 0.4) is 0 Å². The fourth-order valence-electron chi connectivity index (χ4n) is 3.28. The van der Waals surface area contributed by atoms with Crippen molar-refractivity contribution in [1.82, 2.24) is 9.88 Å². The lowest BCUT2D eigenvalue weighted by Crippen LogP contribution is -2.49. The molecule has 136 valence electrons. The number of nitrogens with zero attached hydrogens (tertiary/aromatic N) is 1. The Labute approximate surface area is 147 Å². The number of amides is 1. The molecule has 0 bridgehead atoms. The zero-order valence-corrected chi connectivity index (χ0v) is 13.7. The molecule has 1 saturated heterocycles. The summed E-state index contributed by atoms with van der Waals surface area (Å²) in [5.41, 5.74) is 1.47. The van der Waals surface area contributed by atoms with Crippen LogP contribution >= 0.6 is 0 Å². The van der Waals surface area contributed by atoms with Crippen LogP contribution < -0.4 is 0 Å². The molecule has 2 aromatic rings. The summed E-state index contributed by atoms with van der Waals surface area (Å²) in [5, 5.41) is 0.828. The number of carbonyl (C=O) groups is 2. The molecule has 1 aromatic carbocycles. The van der Waals surface area contributed by atoms with Crippen molar-refractivity contribution in [3.8, 4) is 0 Å². The lowest BCUT2D eigenvalue weighted by atomic mass is 10.0. The molecule has 1 atom stereocenters. The number of esters is 1. The van der Waals surface area contributed by atoms with Crippen LogP contribution in [0, 0.1) is 5.82 Å². The van der Waals surface area contributed by atoms with Crippen LogP contribution in [0.2, 0.25) is 0 Å². The van der Waals surface area contributed by atoms with E-state index >= 15 is 0 Å². The van der Waals surface area contributed by atoms with Crippen molar-refractivity contribution in [1.29, 1.82) is 0 Å². The number of piperidine rings is 1. The van der Waals surface area contributed by atoms with E-state index in [0.717, 1.165) is 23.8 Å². The van der Waals surface area contributed by atoms with Crippen LogP contribution in [-0.4, -0.2) is 41.0 Å². The first-order valence-electron chi connectivity index (χ1n) is 8.31. The molecule has 0 saturated carbocycles. The van der Waals surface area contributed by atoms with E-state index in [1.165, 1.54) is 12.1 Å². The predicted octanol–water partition coefficient (Wildman–Crippen LogP) is 3.43. The van der Waals surface area contributed by atoms with Crippen molar-refractivity contribution in [2.24, 2.45) is 0 Å². The standard InChI is InChI=1S/C18H21FN2O3.CH4/c1-2-24-18(23)16-5-3-4-8-21(16)17(22)9-12-11-20-15-10-13(19)6-7-14(12)15;/h6-7,10-11,16,20H,2-5,8-9H2,1H3;1H4. The van der Waals surface area contributed by atoms with E-state index in [2.05, 4.69) is 4.98 Å². The molecule has 25 heavy (non-hydrogen) atoms. The number of rotatable bonds is 4. The molecule has 0 spiro atoms. The van der Waals surface area contributed by atoms with Crippen molar-refractivity contribution in [3.05, 3.63) is 35.8 Å². The molecule has 1 amide bonds. The summed E-state index contributed by atoms with van der Waals surface area (Å²) in [6.45, 7) is 2.64. The number of hydrogen-bond acceptors (Lipinski definition) is 3. The number of ether oxygens (including phenoxy) is 1. The fourth-order valence-corrected chi connectivity index (χ4v) is 3.28. The quantitative estimate of drug-likeness (QED) is 0.861. The number of aromatic nitrogens is 1. The SMILES string of the molecule is C.CCOC(=O)C1CCCCN1C(=O)Cc1c[nH]c2cc(F)ccc12. The molecule has 1 aliphatic heterocycles. The van der Waals surface area contributed by atoms with Gasteiger partial charge in [0, 0.05) is 23.6 Å². The Hall–Kier alpha value is -2.37. The largest absolute Gasteiger partial charge is 0.464 e. The topological polar surface area (TPSA) is 62.4 Å². The van der Waals surface area contributed by atoms with Crippen LogP contribution in [0.4, 0.5) is 4.39 Å². The highest BCUT2D eigenvalue weighted by molar-refractivity contribution is 5.91. The fraction of sp³-hybridized carbons (Fsp3) is 0.474. The zero-order chi connectivity index (χ0) is 17.1. The monoisotopic (exact) mass is 348 g/mol. The van der Waals surface area contributed by atoms with Crippen LogP contribution in [0.5, 0.6) is 0 Å². The minimum Gasteiger partial charge on any atom is -0.464 e. The molecule has 1 aromatic heterocycles. The van der Waals surface area contributed by atoms with Gasteiger partial charge in [0.2, 0.25) is 5.91 Å². The predicted molar refractivity (Wildman–Crippen MR) is 94.7 cm³/mol. The molecule has 0 radical (unpaired) electrons. The number of aromatic amines is 1. The summed E-state index contributed by atoms with van der Waals surface area (Å²) in [6.07, 6.45) is 4.36. The number of nitrogens with one attached hydrogen (secondary N) is 1. The second-order valence-electron chi connectivity index (χ2n) is 6.03. The molecule has 2 heterocycles. The Kier molecular flexibility index (Phi) is 6.17. The molecule has 1 aliphatic rings. The van der Waals surface area contributed by atoms with E-state index in [1.807, 2.05) is 0 Å². The maximum Gasteiger partial charge on any atom is 0.328 e. The zero-order valence-electron chi connectivity index (χ0n) is 13.7. The summed E-state index contributed by atoms with van der Waals surface area (Å²) in [7, 11) is 0. The Morgan fingerprint density at radius 3 is 2.92 bits per heavy atom. The molecule has 5 nitrogen and oxygen atoms in total. The van der Waals surface area contributed by atoms with Gasteiger partial charge in [0.05, 0.1) is 13.0 Å². The number of fused-ring (bicyclic) bond motifs is 1. The molecule has 1 N–H and O–H groups in total. The minimum absolute atomic E-state index is 0. The molecule has 1 unspecified atom stereocenters. The van der Waals surface area contributed by atoms with Crippen molar-refractivity contribution in [3.63, 3.8) is 0 Å². The van der Waals surface area contributed by atoms with E-state index < -0.39 is 6.04 Å². The number of benzene rings is 1. The van der Waals surface area contributed by atoms with Crippen LogP contribution in [0.25, 0.3) is 10.9 Å². The smallest absolute Gasteiger partial charge is 0.328 e. The number of hydrogen-bond donors (Lipinski definition) is 1. The summed E-state index contributed by atoms with van der Waals surface area (Å²) in [4.78, 5) is 29.4. The highest BCUT2D eigenvalue weighted by Gasteiger charge is 2.33. The first-order chi connectivity index (χ1) is 11.6. The van der Waals surface area contributed by atoms with Gasteiger partial charge in [-0.2, -0.15) is 0 Å². The average molecular weight is 348 g/mol. The number of halogens is 1. The third-order valence-corrected chi connectivity index (χ3v) is 4.45. The van der Waals surface area contributed by atoms with Crippen LogP contribution in [0.15, 0.2) is 24.4 Å². The Morgan fingerprint density at radius 1 is 1.36 bits per heavy atom. The number of H-pyrrole nitrogens is 1. The highest BCUT2D eigenvalue weighted by Crippen LogP contribution is 2.23. The van der Waals surface area contributed by atoms with E-state index in [-0.39, 0.29) is 31.5 Å².